The molecule has 1 aromatic carbocycles. The first-order chi connectivity index (χ1) is 17.5. The third-order valence-corrected chi connectivity index (χ3v) is 6.62. The Morgan fingerprint density at radius 1 is 0.778 bits per heavy atom. The Morgan fingerprint density at radius 3 is 1.64 bits per heavy atom. The fourth-order valence-electron chi connectivity index (χ4n) is 4.50. The van der Waals surface area contributed by atoms with Crippen LogP contribution in [0.1, 0.15) is 25.8 Å². The van der Waals surface area contributed by atoms with E-state index in [-0.39, 0.29) is 11.9 Å². The highest BCUT2D eigenvalue weighted by Crippen LogP contribution is 2.14. The number of carbonyl (C=O) groups excluding carboxylic acids is 4. The topological polar surface area (TPSA) is 93.3 Å². The molecule has 1 unspecified atom stereocenters. The number of hydrogen-bond donors (Lipinski definition) is 1. The molecule has 0 aliphatic carbocycles. The molecular formula is C27H43N5O4. The van der Waals surface area contributed by atoms with Crippen molar-refractivity contribution in [1.29, 1.82) is 0 Å². The highest BCUT2D eigenvalue weighted by molar-refractivity contribution is 5.81. The van der Waals surface area contributed by atoms with E-state index < -0.39 is 0 Å². The maximum atomic E-state index is 13.4. The van der Waals surface area contributed by atoms with Crippen LogP contribution in [0.3, 0.4) is 0 Å². The number of rotatable bonds is 12. The Kier molecular flexibility index (Phi) is 14.1. The van der Waals surface area contributed by atoms with E-state index >= 15 is 0 Å². The summed E-state index contributed by atoms with van der Waals surface area (Å²) in [6, 6.07) is 9.57. The molecule has 2 rings (SSSR count). The van der Waals surface area contributed by atoms with E-state index in [0.717, 1.165) is 30.8 Å². The molecule has 0 bridgehead atoms. The molecule has 1 aromatic rings. The Balaban J connectivity index is 2.20. The Hall–Kier alpha value is -2.46. The zero-order valence-electron chi connectivity index (χ0n) is 21.9. The van der Waals surface area contributed by atoms with Gasteiger partial charge in [0.2, 0.25) is 5.91 Å². The van der Waals surface area contributed by atoms with Crippen LogP contribution in [-0.4, -0.2) is 122 Å². The Bertz CT molecular complexity index is 766. The number of nitrogens with one attached hydrogen (secondary N) is 1. The first-order valence-corrected chi connectivity index (χ1v) is 13.0. The van der Waals surface area contributed by atoms with E-state index in [0.29, 0.717) is 84.5 Å². The molecule has 1 amide bonds. The third-order valence-electron chi connectivity index (χ3n) is 6.62. The quantitative estimate of drug-likeness (QED) is 0.415. The van der Waals surface area contributed by atoms with Gasteiger partial charge >= 0.3 is 0 Å². The van der Waals surface area contributed by atoms with Gasteiger partial charge < -0.3 is 19.7 Å². The van der Waals surface area contributed by atoms with Crippen LogP contribution in [-0.2, 0) is 25.7 Å². The van der Waals surface area contributed by atoms with Gasteiger partial charge in [-0.3, -0.25) is 24.4 Å². The predicted octanol–water partition coefficient (Wildman–Crippen LogP) is 0.536. The number of amides is 1. The first-order valence-electron chi connectivity index (χ1n) is 13.0. The summed E-state index contributed by atoms with van der Waals surface area (Å²) in [5.74, 6) is 0.327. The summed E-state index contributed by atoms with van der Waals surface area (Å²) in [5.41, 5.74) is 1.05. The van der Waals surface area contributed by atoms with Gasteiger partial charge in [-0.2, -0.15) is 0 Å². The monoisotopic (exact) mass is 501 g/mol. The zero-order valence-corrected chi connectivity index (χ0v) is 21.9. The lowest BCUT2D eigenvalue weighted by molar-refractivity contribution is -0.127. The van der Waals surface area contributed by atoms with E-state index in [1.165, 1.54) is 0 Å². The molecule has 9 heteroatoms. The van der Waals surface area contributed by atoms with Gasteiger partial charge in [0.1, 0.15) is 18.9 Å². The van der Waals surface area contributed by atoms with E-state index in [2.05, 4.69) is 38.8 Å². The maximum Gasteiger partial charge on any atom is 0.237 e. The highest BCUT2D eigenvalue weighted by Gasteiger charge is 2.28. The smallest absolute Gasteiger partial charge is 0.237 e. The van der Waals surface area contributed by atoms with Gasteiger partial charge in [-0.1, -0.05) is 44.2 Å². The van der Waals surface area contributed by atoms with Gasteiger partial charge in [0, 0.05) is 58.9 Å². The SMILES string of the molecule is CC(C)CC(C(=O)NCc1ccccc1)N1CCN(CC=O)CCN(CC=O)CCN(CC=O)CC1. The molecule has 0 spiro atoms. The predicted molar refractivity (Wildman–Crippen MR) is 141 cm³/mol. The third kappa shape index (κ3) is 11.1. The van der Waals surface area contributed by atoms with Crippen LogP contribution in [0.4, 0.5) is 0 Å². The minimum Gasteiger partial charge on any atom is -0.351 e. The molecule has 0 saturated carbocycles. The van der Waals surface area contributed by atoms with Crippen molar-refractivity contribution in [3.05, 3.63) is 35.9 Å². The Labute approximate surface area is 215 Å². The number of hydrogen-bond acceptors (Lipinski definition) is 8. The molecule has 0 radical (unpaired) electrons. The normalized spacial score (nSPS) is 18.6. The van der Waals surface area contributed by atoms with Gasteiger partial charge in [0.15, 0.2) is 0 Å². The summed E-state index contributed by atoms with van der Waals surface area (Å²) in [5, 5.41) is 3.12. The average molecular weight is 502 g/mol. The minimum atomic E-state index is -0.306. The van der Waals surface area contributed by atoms with Gasteiger partial charge in [0.05, 0.1) is 25.7 Å². The molecule has 1 aliphatic rings. The fraction of sp³-hybridized carbons (Fsp3) is 0.630. The van der Waals surface area contributed by atoms with Crippen molar-refractivity contribution in [2.45, 2.75) is 32.9 Å². The fourth-order valence-corrected chi connectivity index (χ4v) is 4.50. The van der Waals surface area contributed by atoms with E-state index in [4.69, 9.17) is 0 Å². The minimum absolute atomic E-state index is 0.000630. The average Bonchev–Trinajstić information content (AvgIpc) is 2.86. The van der Waals surface area contributed by atoms with Gasteiger partial charge in [-0.05, 0) is 17.9 Å². The summed E-state index contributed by atoms with van der Waals surface area (Å²) in [7, 11) is 0. The van der Waals surface area contributed by atoms with Crippen LogP contribution in [0.2, 0.25) is 0 Å². The molecule has 1 N–H and O–H groups in total. The van der Waals surface area contributed by atoms with Crippen molar-refractivity contribution in [2.75, 3.05) is 72.0 Å². The van der Waals surface area contributed by atoms with Gasteiger partial charge in [-0.15, -0.1) is 0 Å². The van der Waals surface area contributed by atoms with Crippen molar-refractivity contribution in [2.24, 2.45) is 5.92 Å². The number of aldehydes is 3. The van der Waals surface area contributed by atoms with Crippen LogP contribution < -0.4 is 5.32 Å². The molecule has 1 atom stereocenters. The van der Waals surface area contributed by atoms with E-state index in [1.54, 1.807) is 0 Å². The van der Waals surface area contributed by atoms with Crippen molar-refractivity contribution in [3.63, 3.8) is 0 Å². The molecule has 1 saturated heterocycles. The molecule has 9 nitrogen and oxygen atoms in total. The highest BCUT2D eigenvalue weighted by atomic mass is 16.2. The van der Waals surface area contributed by atoms with Crippen molar-refractivity contribution in [3.8, 4) is 0 Å². The molecular weight excluding hydrogens is 458 g/mol. The summed E-state index contributed by atoms with van der Waals surface area (Å²) in [4.78, 5) is 55.7. The van der Waals surface area contributed by atoms with Crippen LogP contribution >= 0.6 is 0 Å². The molecule has 0 aromatic heterocycles. The number of benzene rings is 1. The molecule has 1 aliphatic heterocycles. The first kappa shape index (κ1) is 29.8. The van der Waals surface area contributed by atoms with Crippen molar-refractivity contribution >= 4 is 24.8 Å². The van der Waals surface area contributed by atoms with Gasteiger partial charge in [0.25, 0.3) is 0 Å². The van der Waals surface area contributed by atoms with Crippen LogP contribution in [0.5, 0.6) is 0 Å². The maximum absolute atomic E-state index is 13.4. The second-order valence-corrected chi connectivity index (χ2v) is 9.79. The summed E-state index contributed by atoms with van der Waals surface area (Å²) in [6.07, 6.45) is 3.43. The summed E-state index contributed by atoms with van der Waals surface area (Å²) in [6.45, 7) is 10.8. The Morgan fingerprint density at radius 2 is 1.22 bits per heavy atom. The lowest BCUT2D eigenvalue weighted by Gasteiger charge is -2.36. The summed E-state index contributed by atoms with van der Waals surface area (Å²) >= 11 is 0. The van der Waals surface area contributed by atoms with E-state index in [9.17, 15) is 19.2 Å². The standard InChI is InChI=1S/C27H43N5O4/c1-24(2)22-26(27(36)28-23-25-6-4-3-5-7-25)32-14-12-30(17-20-34)10-8-29(16-19-33)9-11-31(13-15-32)18-21-35/h3-7,19-21,24,26H,8-18,22-23H2,1-2H3,(H,28,36). The summed E-state index contributed by atoms with van der Waals surface area (Å²) < 4.78 is 0. The second-order valence-electron chi connectivity index (χ2n) is 9.79. The van der Waals surface area contributed by atoms with E-state index in [1.807, 2.05) is 30.3 Å². The van der Waals surface area contributed by atoms with Crippen molar-refractivity contribution in [1.82, 2.24) is 24.9 Å². The number of carbonyl (C=O) groups is 4. The van der Waals surface area contributed by atoms with Crippen LogP contribution in [0.15, 0.2) is 30.3 Å². The molecule has 36 heavy (non-hydrogen) atoms. The second kappa shape index (κ2) is 17.1. The van der Waals surface area contributed by atoms with Gasteiger partial charge in [-0.25, -0.2) is 0 Å². The lowest BCUT2D eigenvalue weighted by atomic mass is 10.0. The van der Waals surface area contributed by atoms with Crippen molar-refractivity contribution < 1.29 is 19.2 Å². The van der Waals surface area contributed by atoms with Crippen LogP contribution in [0.25, 0.3) is 0 Å². The zero-order chi connectivity index (χ0) is 26.2. The lowest BCUT2D eigenvalue weighted by Crippen LogP contribution is -2.53. The van der Waals surface area contributed by atoms with Crippen LogP contribution in [0, 0.1) is 5.92 Å². The largest absolute Gasteiger partial charge is 0.351 e. The molecule has 1 fully saturated rings. The number of nitrogens with zero attached hydrogens (tertiary/aromatic N) is 4. The molecule has 1 heterocycles. The molecule has 200 valence electrons.